The molecular weight excluding hydrogens is 224 g/mol. The summed E-state index contributed by atoms with van der Waals surface area (Å²) < 4.78 is 31.5. The number of methoxy groups -OCH3 is 1. The summed E-state index contributed by atoms with van der Waals surface area (Å²) in [7, 11) is 1.45. The van der Waals surface area contributed by atoms with E-state index in [9.17, 15) is 8.78 Å². The Hall–Kier alpha value is -1.16. The standard InChI is InChI=1S/C13H17F2NO/c1-17-13-11(10-3-2-4-16-8-10)5-9(7-14)6-12(13)15/h5-6,10,16H,2-4,7-8H2,1H3. The maximum atomic E-state index is 13.7. The molecule has 1 aliphatic heterocycles. The fourth-order valence-corrected chi connectivity index (χ4v) is 2.39. The van der Waals surface area contributed by atoms with Gasteiger partial charge in [0.05, 0.1) is 7.11 Å². The fourth-order valence-electron chi connectivity index (χ4n) is 2.39. The Balaban J connectivity index is 2.38. The second kappa shape index (κ2) is 5.45. The van der Waals surface area contributed by atoms with E-state index in [0.29, 0.717) is 5.56 Å². The first-order chi connectivity index (χ1) is 8.26. The minimum atomic E-state index is -0.645. The third-order valence-electron chi connectivity index (χ3n) is 3.23. The average molecular weight is 241 g/mol. The molecule has 4 heteroatoms. The van der Waals surface area contributed by atoms with Crippen molar-refractivity contribution in [2.75, 3.05) is 20.2 Å². The third kappa shape index (κ3) is 2.57. The molecule has 0 bridgehead atoms. The monoisotopic (exact) mass is 241 g/mol. The molecule has 94 valence electrons. The maximum Gasteiger partial charge on any atom is 0.165 e. The van der Waals surface area contributed by atoms with Crippen molar-refractivity contribution >= 4 is 0 Å². The molecule has 0 radical (unpaired) electrons. The molecule has 1 heterocycles. The quantitative estimate of drug-likeness (QED) is 0.878. The number of ether oxygens (including phenoxy) is 1. The van der Waals surface area contributed by atoms with Gasteiger partial charge >= 0.3 is 0 Å². The summed E-state index contributed by atoms with van der Waals surface area (Å²) in [6.07, 6.45) is 2.04. The molecule has 1 N–H and O–H groups in total. The van der Waals surface area contributed by atoms with Gasteiger partial charge in [-0.2, -0.15) is 0 Å². The average Bonchev–Trinajstić information content (AvgIpc) is 2.38. The van der Waals surface area contributed by atoms with Gasteiger partial charge in [-0.1, -0.05) is 0 Å². The highest BCUT2D eigenvalue weighted by Crippen LogP contribution is 2.34. The second-order valence-corrected chi connectivity index (χ2v) is 4.38. The molecule has 0 aliphatic carbocycles. The van der Waals surface area contributed by atoms with Gasteiger partial charge in [-0.3, -0.25) is 0 Å². The molecule has 0 aromatic heterocycles. The zero-order valence-electron chi connectivity index (χ0n) is 9.93. The van der Waals surface area contributed by atoms with Crippen LogP contribution in [-0.4, -0.2) is 20.2 Å². The van der Waals surface area contributed by atoms with E-state index in [1.165, 1.54) is 13.2 Å². The number of rotatable bonds is 3. The van der Waals surface area contributed by atoms with E-state index in [4.69, 9.17) is 4.74 Å². The minimum Gasteiger partial charge on any atom is -0.493 e. The van der Waals surface area contributed by atoms with Crippen molar-refractivity contribution < 1.29 is 13.5 Å². The Morgan fingerprint density at radius 2 is 2.29 bits per heavy atom. The topological polar surface area (TPSA) is 21.3 Å². The lowest BCUT2D eigenvalue weighted by Gasteiger charge is -2.25. The normalized spacial score (nSPS) is 20.3. The molecule has 1 fully saturated rings. The smallest absolute Gasteiger partial charge is 0.165 e. The molecule has 17 heavy (non-hydrogen) atoms. The molecule has 0 saturated carbocycles. The second-order valence-electron chi connectivity index (χ2n) is 4.38. The molecule has 1 aromatic rings. The van der Waals surface area contributed by atoms with Gasteiger partial charge in [-0.15, -0.1) is 0 Å². The lowest BCUT2D eigenvalue weighted by atomic mass is 9.90. The third-order valence-corrected chi connectivity index (χ3v) is 3.23. The Morgan fingerprint density at radius 3 is 2.88 bits per heavy atom. The van der Waals surface area contributed by atoms with Crippen LogP contribution in [0.4, 0.5) is 8.78 Å². The van der Waals surface area contributed by atoms with E-state index in [1.54, 1.807) is 6.07 Å². The molecule has 1 aromatic carbocycles. The van der Waals surface area contributed by atoms with Gasteiger partial charge in [-0.05, 0) is 37.1 Å². The fraction of sp³-hybridized carbons (Fsp3) is 0.538. The van der Waals surface area contributed by atoms with Crippen molar-refractivity contribution in [2.45, 2.75) is 25.4 Å². The first-order valence-corrected chi connectivity index (χ1v) is 5.89. The summed E-state index contributed by atoms with van der Waals surface area (Å²) in [5.74, 6) is -0.00109. The Kier molecular flexibility index (Phi) is 3.94. The van der Waals surface area contributed by atoms with Crippen LogP contribution in [0.5, 0.6) is 5.75 Å². The molecule has 0 spiro atoms. The highest BCUT2D eigenvalue weighted by atomic mass is 19.1. The van der Waals surface area contributed by atoms with Crippen LogP contribution in [-0.2, 0) is 6.67 Å². The summed E-state index contributed by atoms with van der Waals surface area (Å²) in [6.45, 7) is 1.14. The lowest BCUT2D eigenvalue weighted by Crippen LogP contribution is -2.28. The summed E-state index contributed by atoms with van der Waals surface area (Å²) in [5.41, 5.74) is 1.16. The predicted octanol–water partition coefficient (Wildman–Crippen LogP) is 2.77. The lowest BCUT2D eigenvalue weighted by molar-refractivity contribution is 0.366. The number of nitrogens with one attached hydrogen (secondary N) is 1. The highest BCUT2D eigenvalue weighted by molar-refractivity contribution is 5.41. The SMILES string of the molecule is COc1c(F)cc(CF)cc1C1CCCNC1. The zero-order valence-corrected chi connectivity index (χ0v) is 9.93. The van der Waals surface area contributed by atoms with Crippen molar-refractivity contribution in [1.82, 2.24) is 5.32 Å². The van der Waals surface area contributed by atoms with Crippen LogP contribution in [0.15, 0.2) is 12.1 Å². The predicted molar refractivity (Wildman–Crippen MR) is 62.6 cm³/mol. The van der Waals surface area contributed by atoms with Gasteiger partial charge < -0.3 is 10.1 Å². The zero-order chi connectivity index (χ0) is 12.3. The Labute approximate surface area is 100.0 Å². The van der Waals surface area contributed by atoms with Crippen LogP contribution in [0.1, 0.15) is 29.9 Å². The molecule has 1 saturated heterocycles. The van der Waals surface area contributed by atoms with Crippen molar-refractivity contribution in [2.24, 2.45) is 0 Å². The van der Waals surface area contributed by atoms with Gasteiger partial charge in [0, 0.05) is 18.0 Å². The van der Waals surface area contributed by atoms with Gasteiger partial charge in [0.1, 0.15) is 6.67 Å². The summed E-state index contributed by atoms with van der Waals surface area (Å²) in [6, 6.07) is 2.93. The van der Waals surface area contributed by atoms with Gasteiger partial charge in [0.2, 0.25) is 0 Å². The molecule has 1 atom stereocenters. The largest absolute Gasteiger partial charge is 0.493 e. The van der Waals surface area contributed by atoms with Gasteiger partial charge in [0.25, 0.3) is 0 Å². The minimum absolute atomic E-state index is 0.208. The van der Waals surface area contributed by atoms with E-state index in [2.05, 4.69) is 5.32 Å². The Bertz CT molecular complexity index is 389. The van der Waals surface area contributed by atoms with Crippen molar-refractivity contribution in [3.8, 4) is 5.75 Å². The van der Waals surface area contributed by atoms with Crippen molar-refractivity contribution in [3.63, 3.8) is 0 Å². The Morgan fingerprint density at radius 1 is 1.47 bits per heavy atom. The van der Waals surface area contributed by atoms with Crippen LogP contribution in [0, 0.1) is 5.82 Å². The molecular formula is C13H17F2NO. The number of benzene rings is 1. The summed E-state index contributed by atoms with van der Waals surface area (Å²) >= 11 is 0. The molecule has 0 amide bonds. The maximum absolute atomic E-state index is 13.7. The highest BCUT2D eigenvalue weighted by Gasteiger charge is 2.22. The van der Waals surface area contributed by atoms with E-state index in [1.807, 2.05) is 0 Å². The van der Waals surface area contributed by atoms with E-state index in [0.717, 1.165) is 31.5 Å². The summed E-state index contributed by atoms with van der Waals surface area (Å²) in [5, 5.41) is 3.27. The van der Waals surface area contributed by atoms with Crippen molar-refractivity contribution in [3.05, 3.63) is 29.1 Å². The first-order valence-electron chi connectivity index (χ1n) is 5.89. The molecule has 2 nitrogen and oxygen atoms in total. The van der Waals surface area contributed by atoms with Crippen LogP contribution in [0.25, 0.3) is 0 Å². The number of piperidine rings is 1. The van der Waals surface area contributed by atoms with Crippen LogP contribution >= 0.6 is 0 Å². The molecule has 1 aliphatic rings. The van der Waals surface area contributed by atoms with Gasteiger partial charge in [-0.25, -0.2) is 8.78 Å². The number of alkyl halides is 1. The van der Waals surface area contributed by atoms with Gasteiger partial charge in [0.15, 0.2) is 11.6 Å². The number of hydrogen-bond acceptors (Lipinski definition) is 2. The van der Waals surface area contributed by atoms with Crippen LogP contribution in [0.2, 0.25) is 0 Å². The van der Waals surface area contributed by atoms with Crippen LogP contribution in [0.3, 0.4) is 0 Å². The summed E-state index contributed by atoms with van der Waals surface area (Å²) in [4.78, 5) is 0. The first kappa shape index (κ1) is 12.3. The number of hydrogen-bond donors (Lipinski definition) is 1. The number of halogens is 2. The van der Waals surface area contributed by atoms with Crippen molar-refractivity contribution in [1.29, 1.82) is 0 Å². The van der Waals surface area contributed by atoms with E-state index >= 15 is 0 Å². The van der Waals surface area contributed by atoms with E-state index < -0.39 is 12.5 Å². The van der Waals surface area contributed by atoms with E-state index in [-0.39, 0.29) is 11.7 Å². The molecule has 1 unspecified atom stereocenters. The molecule has 2 rings (SSSR count). The van der Waals surface area contributed by atoms with Crippen LogP contribution < -0.4 is 10.1 Å².